The van der Waals surface area contributed by atoms with Gasteiger partial charge in [0.15, 0.2) is 0 Å². The highest BCUT2D eigenvalue weighted by atomic mass is 35.5. The van der Waals surface area contributed by atoms with Gasteiger partial charge in [-0.2, -0.15) is 0 Å². The number of aryl methyl sites for hydroxylation is 1. The van der Waals surface area contributed by atoms with Gasteiger partial charge in [0.25, 0.3) is 0 Å². The minimum absolute atomic E-state index is 0. The Morgan fingerprint density at radius 1 is 1.23 bits per heavy atom. The molecule has 0 fully saturated rings. The SMILES string of the molecule is CCn1c(NC(=O)CCCCCCN)nc2ccccc21.Cl. The molecule has 1 aromatic carbocycles. The largest absolute Gasteiger partial charge is 0.330 e. The van der Waals surface area contributed by atoms with Gasteiger partial charge in [0.1, 0.15) is 0 Å². The number of anilines is 1. The van der Waals surface area contributed by atoms with Crippen LogP contribution in [0.25, 0.3) is 11.0 Å². The number of halogens is 1. The molecule has 0 bridgehead atoms. The molecule has 2 aromatic rings. The number of amides is 1. The second-order valence-corrected chi connectivity index (χ2v) is 5.17. The number of carbonyl (C=O) groups excluding carboxylic acids is 1. The lowest BCUT2D eigenvalue weighted by atomic mass is 10.1. The maximum Gasteiger partial charge on any atom is 0.226 e. The van der Waals surface area contributed by atoms with Crippen LogP contribution in [0.1, 0.15) is 39.0 Å². The van der Waals surface area contributed by atoms with Crippen molar-refractivity contribution in [3.8, 4) is 0 Å². The fourth-order valence-corrected chi connectivity index (χ4v) is 2.46. The smallest absolute Gasteiger partial charge is 0.226 e. The second-order valence-electron chi connectivity index (χ2n) is 5.17. The molecule has 0 saturated carbocycles. The van der Waals surface area contributed by atoms with Crippen molar-refractivity contribution in [3.63, 3.8) is 0 Å². The molecule has 22 heavy (non-hydrogen) atoms. The van der Waals surface area contributed by atoms with E-state index in [1.807, 2.05) is 28.8 Å². The van der Waals surface area contributed by atoms with E-state index in [0.717, 1.165) is 49.8 Å². The Morgan fingerprint density at radius 2 is 1.95 bits per heavy atom. The number of unbranched alkanes of at least 4 members (excludes halogenated alkanes) is 3. The molecule has 122 valence electrons. The van der Waals surface area contributed by atoms with Crippen molar-refractivity contribution in [2.45, 2.75) is 45.6 Å². The third kappa shape index (κ3) is 4.71. The van der Waals surface area contributed by atoms with E-state index in [1.165, 1.54) is 0 Å². The van der Waals surface area contributed by atoms with Crippen LogP contribution in [0.3, 0.4) is 0 Å². The third-order valence-corrected chi connectivity index (χ3v) is 3.58. The molecule has 0 radical (unpaired) electrons. The quantitative estimate of drug-likeness (QED) is 0.731. The molecule has 0 saturated heterocycles. The van der Waals surface area contributed by atoms with Crippen molar-refractivity contribution < 1.29 is 4.79 Å². The van der Waals surface area contributed by atoms with Crippen molar-refractivity contribution in [1.29, 1.82) is 0 Å². The predicted molar refractivity (Wildman–Crippen MR) is 93.4 cm³/mol. The highest BCUT2D eigenvalue weighted by Crippen LogP contribution is 2.19. The monoisotopic (exact) mass is 324 g/mol. The molecule has 6 heteroatoms. The molecule has 0 aliphatic rings. The zero-order chi connectivity index (χ0) is 15.1. The maximum absolute atomic E-state index is 12.0. The van der Waals surface area contributed by atoms with Gasteiger partial charge < -0.3 is 10.3 Å². The van der Waals surface area contributed by atoms with Crippen LogP contribution in [-0.4, -0.2) is 22.0 Å². The van der Waals surface area contributed by atoms with Gasteiger partial charge in [0.05, 0.1) is 11.0 Å². The number of hydrogen-bond donors (Lipinski definition) is 2. The Morgan fingerprint density at radius 3 is 2.68 bits per heavy atom. The van der Waals surface area contributed by atoms with Gasteiger partial charge in [-0.25, -0.2) is 4.98 Å². The number of carbonyl (C=O) groups is 1. The van der Waals surface area contributed by atoms with Crippen LogP contribution < -0.4 is 11.1 Å². The summed E-state index contributed by atoms with van der Waals surface area (Å²) in [6.07, 6.45) is 4.62. The lowest BCUT2D eigenvalue weighted by Crippen LogP contribution is -2.15. The van der Waals surface area contributed by atoms with Crippen LogP contribution >= 0.6 is 12.4 Å². The van der Waals surface area contributed by atoms with Gasteiger partial charge in [0, 0.05) is 13.0 Å². The lowest BCUT2D eigenvalue weighted by molar-refractivity contribution is -0.116. The number of nitrogens with zero attached hydrogens (tertiary/aromatic N) is 2. The van der Waals surface area contributed by atoms with E-state index in [0.29, 0.717) is 12.4 Å². The van der Waals surface area contributed by atoms with Crippen molar-refractivity contribution in [2.24, 2.45) is 5.73 Å². The summed E-state index contributed by atoms with van der Waals surface area (Å²) in [6, 6.07) is 7.93. The number of rotatable bonds is 8. The fraction of sp³-hybridized carbons (Fsp3) is 0.500. The maximum atomic E-state index is 12.0. The standard InChI is InChI=1S/C16H24N4O.ClH/c1-2-20-14-10-7-6-9-13(14)18-16(20)19-15(21)11-5-3-4-8-12-17;/h6-7,9-10H,2-5,8,11-12,17H2,1H3,(H,18,19,21);1H. The molecular formula is C16H25ClN4O. The summed E-state index contributed by atoms with van der Waals surface area (Å²) in [5.74, 6) is 0.679. The van der Waals surface area contributed by atoms with E-state index < -0.39 is 0 Å². The van der Waals surface area contributed by atoms with E-state index >= 15 is 0 Å². The number of nitrogens with one attached hydrogen (secondary N) is 1. The third-order valence-electron chi connectivity index (χ3n) is 3.58. The van der Waals surface area contributed by atoms with Gasteiger partial charge >= 0.3 is 0 Å². The van der Waals surface area contributed by atoms with Crippen molar-refractivity contribution in [3.05, 3.63) is 24.3 Å². The molecule has 1 heterocycles. The minimum Gasteiger partial charge on any atom is -0.330 e. The van der Waals surface area contributed by atoms with E-state index in [1.54, 1.807) is 0 Å². The van der Waals surface area contributed by atoms with Crippen molar-refractivity contribution in [1.82, 2.24) is 9.55 Å². The highest BCUT2D eigenvalue weighted by Gasteiger charge is 2.11. The van der Waals surface area contributed by atoms with E-state index in [9.17, 15) is 4.79 Å². The van der Waals surface area contributed by atoms with Crippen molar-refractivity contribution >= 4 is 35.3 Å². The minimum atomic E-state index is 0. The predicted octanol–water partition coefficient (Wildman–Crippen LogP) is 3.33. The molecule has 1 aromatic heterocycles. The highest BCUT2D eigenvalue weighted by molar-refractivity contribution is 5.91. The number of nitrogens with two attached hydrogens (primary N) is 1. The zero-order valence-corrected chi connectivity index (χ0v) is 13.9. The van der Waals surface area contributed by atoms with E-state index in [4.69, 9.17) is 5.73 Å². The summed E-state index contributed by atoms with van der Waals surface area (Å²) in [7, 11) is 0. The first-order chi connectivity index (χ1) is 10.3. The first-order valence-electron chi connectivity index (χ1n) is 7.71. The Balaban J connectivity index is 0.00000242. The fourth-order valence-electron chi connectivity index (χ4n) is 2.46. The number of imidazole rings is 1. The van der Waals surface area contributed by atoms with Gasteiger partial charge in [0.2, 0.25) is 11.9 Å². The van der Waals surface area contributed by atoms with Gasteiger partial charge in [-0.05, 0) is 38.4 Å². The van der Waals surface area contributed by atoms with E-state index in [2.05, 4.69) is 17.2 Å². The molecular weight excluding hydrogens is 300 g/mol. The molecule has 2 rings (SSSR count). The number of fused-ring (bicyclic) bond motifs is 1. The van der Waals surface area contributed by atoms with Crippen LogP contribution in [0.5, 0.6) is 0 Å². The average molecular weight is 325 g/mol. The van der Waals surface area contributed by atoms with Crippen LogP contribution in [0.4, 0.5) is 5.95 Å². The van der Waals surface area contributed by atoms with Gasteiger partial charge in [-0.3, -0.25) is 10.1 Å². The van der Waals surface area contributed by atoms with Crippen LogP contribution in [-0.2, 0) is 11.3 Å². The summed E-state index contributed by atoms with van der Waals surface area (Å²) in [5, 5.41) is 2.93. The Kier molecular flexibility index (Phi) is 7.91. The molecule has 0 aliphatic heterocycles. The Labute approximate surface area is 137 Å². The molecule has 0 aliphatic carbocycles. The summed E-state index contributed by atoms with van der Waals surface area (Å²) in [5.41, 5.74) is 7.42. The summed E-state index contributed by atoms with van der Waals surface area (Å²) < 4.78 is 2.03. The number of hydrogen-bond acceptors (Lipinski definition) is 3. The Hall–Kier alpha value is -1.59. The number of benzene rings is 1. The van der Waals surface area contributed by atoms with Gasteiger partial charge in [-0.15, -0.1) is 12.4 Å². The van der Waals surface area contributed by atoms with Gasteiger partial charge in [-0.1, -0.05) is 25.0 Å². The molecule has 3 N–H and O–H groups in total. The first-order valence-corrected chi connectivity index (χ1v) is 7.71. The van der Waals surface area contributed by atoms with Crippen LogP contribution in [0.15, 0.2) is 24.3 Å². The van der Waals surface area contributed by atoms with Crippen LogP contribution in [0.2, 0.25) is 0 Å². The zero-order valence-electron chi connectivity index (χ0n) is 13.0. The van der Waals surface area contributed by atoms with E-state index in [-0.39, 0.29) is 18.3 Å². The Bertz CT molecular complexity index is 597. The first kappa shape index (κ1) is 18.5. The van der Waals surface area contributed by atoms with Crippen molar-refractivity contribution in [2.75, 3.05) is 11.9 Å². The molecule has 0 atom stereocenters. The lowest BCUT2D eigenvalue weighted by Gasteiger charge is -2.07. The molecule has 5 nitrogen and oxygen atoms in total. The normalized spacial score (nSPS) is 10.5. The summed E-state index contributed by atoms with van der Waals surface area (Å²) >= 11 is 0. The van der Waals surface area contributed by atoms with Crippen LogP contribution in [0, 0.1) is 0 Å². The average Bonchev–Trinajstić information content (AvgIpc) is 2.84. The summed E-state index contributed by atoms with van der Waals surface area (Å²) in [4.78, 5) is 16.5. The number of aromatic nitrogens is 2. The molecule has 1 amide bonds. The topological polar surface area (TPSA) is 72.9 Å². The summed E-state index contributed by atoms with van der Waals surface area (Å²) in [6.45, 7) is 3.57. The molecule has 0 unspecified atom stereocenters. The number of para-hydroxylation sites is 2. The molecule has 0 spiro atoms. The second kappa shape index (κ2) is 9.43.